The molecule has 0 spiro atoms. The Morgan fingerprint density at radius 1 is 0.781 bits per heavy atom. The number of aromatic nitrogens is 2. The maximum Gasteiger partial charge on any atom is 0.310 e. The molecule has 0 amide bonds. The fraction of sp³-hybridized carbons (Fsp3) is 0.667. The van der Waals surface area contributed by atoms with Crippen LogP contribution < -0.4 is 0 Å². The van der Waals surface area contributed by atoms with Gasteiger partial charge in [-0.25, -0.2) is 0 Å². The normalized spacial score (nSPS) is 12.0. The van der Waals surface area contributed by atoms with E-state index in [9.17, 15) is 9.59 Å². The average Bonchev–Trinajstić information content (AvgIpc) is 3.36. The topological polar surface area (TPSA) is 105 Å². The Morgan fingerprint density at radius 3 is 1.78 bits per heavy atom. The van der Waals surface area contributed by atoms with Crippen molar-refractivity contribution in [3.63, 3.8) is 0 Å². The summed E-state index contributed by atoms with van der Waals surface area (Å²) in [4.78, 5) is 24.9. The quantitative estimate of drug-likeness (QED) is 0.393. The zero-order chi connectivity index (χ0) is 23.5. The summed E-state index contributed by atoms with van der Waals surface area (Å²) in [6, 6.07) is 0. The van der Waals surface area contributed by atoms with Crippen molar-refractivity contribution >= 4 is 11.9 Å². The van der Waals surface area contributed by atoms with Gasteiger partial charge in [0, 0.05) is 30.4 Å². The molecule has 0 aliphatic rings. The van der Waals surface area contributed by atoms with Crippen LogP contribution in [0.2, 0.25) is 0 Å². The summed E-state index contributed by atoms with van der Waals surface area (Å²) in [5, 5.41) is 8.07. The molecule has 0 saturated heterocycles. The van der Waals surface area contributed by atoms with E-state index in [1.807, 2.05) is 34.6 Å². The van der Waals surface area contributed by atoms with Gasteiger partial charge in [-0.3, -0.25) is 9.59 Å². The summed E-state index contributed by atoms with van der Waals surface area (Å²) in [6.45, 7) is 10.1. The molecule has 8 nitrogen and oxygen atoms in total. The highest BCUT2D eigenvalue weighted by molar-refractivity contribution is 5.74. The van der Waals surface area contributed by atoms with Gasteiger partial charge in [0.15, 0.2) is 0 Å². The molecule has 0 fully saturated rings. The Morgan fingerprint density at radius 2 is 1.31 bits per heavy atom. The van der Waals surface area contributed by atoms with E-state index in [2.05, 4.69) is 10.3 Å². The highest BCUT2D eigenvalue weighted by Gasteiger charge is 2.21. The fourth-order valence-electron chi connectivity index (χ4n) is 3.73. The molecule has 2 aromatic rings. The highest BCUT2D eigenvalue weighted by atomic mass is 16.6. The molecule has 0 aliphatic carbocycles. The number of hydrogen-bond acceptors (Lipinski definition) is 8. The van der Waals surface area contributed by atoms with Crippen LogP contribution in [0.25, 0.3) is 0 Å². The summed E-state index contributed by atoms with van der Waals surface area (Å²) in [5.74, 6) is 0.811. The van der Waals surface area contributed by atoms with Crippen molar-refractivity contribution in [2.24, 2.45) is 0 Å². The van der Waals surface area contributed by atoms with Gasteiger partial charge in [-0.2, -0.15) is 0 Å². The van der Waals surface area contributed by atoms with Crippen LogP contribution in [0.3, 0.4) is 0 Å². The van der Waals surface area contributed by atoms with E-state index in [0.29, 0.717) is 38.5 Å². The lowest BCUT2D eigenvalue weighted by atomic mass is 10.1. The van der Waals surface area contributed by atoms with Crippen LogP contribution in [0.15, 0.2) is 9.05 Å². The largest absolute Gasteiger partial charge is 0.465 e. The summed E-state index contributed by atoms with van der Waals surface area (Å²) in [6.07, 6.45) is 4.76. The van der Waals surface area contributed by atoms with Crippen molar-refractivity contribution < 1.29 is 28.1 Å². The molecular formula is C24H36N2O6. The molecule has 0 saturated carbocycles. The van der Waals surface area contributed by atoms with E-state index in [4.69, 9.17) is 18.5 Å². The lowest BCUT2D eigenvalue weighted by Crippen LogP contribution is -2.23. The van der Waals surface area contributed by atoms with Crippen LogP contribution in [-0.2, 0) is 57.6 Å². The lowest BCUT2D eigenvalue weighted by molar-refractivity contribution is -0.150. The molecule has 32 heavy (non-hydrogen) atoms. The molecule has 0 aromatic carbocycles. The molecule has 2 rings (SSSR count). The molecule has 8 heteroatoms. The first-order chi connectivity index (χ1) is 15.5. The molecule has 2 heterocycles. The van der Waals surface area contributed by atoms with Crippen LogP contribution >= 0.6 is 0 Å². The molecule has 0 aliphatic heterocycles. The van der Waals surface area contributed by atoms with E-state index in [1.54, 1.807) is 0 Å². The van der Waals surface area contributed by atoms with E-state index in [0.717, 1.165) is 40.5 Å². The summed E-state index contributed by atoms with van der Waals surface area (Å²) in [5.41, 5.74) is 3.24. The number of nitrogens with zero attached hydrogens (tertiary/aromatic N) is 2. The Hall–Kier alpha value is -2.64. The minimum atomic E-state index is -0.330. The predicted octanol–water partition coefficient (Wildman–Crippen LogP) is 4.34. The standard InChI is InChI=1S/C24H36N2O6/c1-6-11-16(30-24(28)15-18-20(8-3)26-32-22(18)10-5)12-13-29-23(27)14-17-19(7-2)25-31-21(17)9-4/h16H,6-15H2,1-5H3. The van der Waals surface area contributed by atoms with E-state index < -0.39 is 0 Å². The molecule has 1 atom stereocenters. The Bertz CT molecular complexity index is 827. The van der Waals surface area contributed by atoms with Gasteiger partial charge in [0.2, 0.25) is 0 Å². The van der Waals surface area contributed by atoms with Crippen LogP contribution in [0.1, 0.15) is 87.9 Å². The fourth-order valence-corrected chi connectivity index (χ4v) is 3.73. The molecule has 0 bridgehead atoms. The third-order valence-corrected chi connectivity index (χ3v) is 5.47. The molecule has 2 aromatic heterocycles. The summed E-state index contributed by atoms with van der Waals surface area (Å²) >= 11 is 0. The van der Waals surface area contributed by atoms with Gasteiger partial charge in [-0.15, -0.1) is 0 Å². The van der Waals surface area contributed by atoms with Crippen molar-refractivity contribution in [2.75, 3.05) is 6.61 Å². The van der Waals surface area contributed by atoms with Crippen LogP contribution in [-0.4, -0.2) is 35.0 Å². The number of aryl methyl sites for hydroxylation is 4. The summed E-state index contributed by atoms with van der Waals surface area (Å²) < 4.78 is 21.8. The van der Waals surface area contributed by atoms with Gasteiger partial charge < -0.3 is 18.5 Å². The predicted molar refractivity (Wildman–Crippen MR) is 118 cm³/mol. The molecular weight excluding hydrogens is 412 g/mol. The van der Waals surface area contributed by atoms with Crippen molar-refractivity contribution in [2.45, 2.75) is 98.5 Å². The van der Waals surface area contributed by atoms with Gasteiger partial charge in [0.25, 0.3) is 0 Å². The molecule has 178 valence electrons. The van der Waals surface area contributed by atoms with Gasteiger partial charge in [0.05, 0.1) is 30.8 Å². The Balaban J connectivity index is 1.87. The Labute approximate surface area is 190 Å². The minimum Gasteiger partial charge on any atom is -0.465 e. The van der Waals surface area contributed by atoms with Crippen molar-refractivity contribution in [3.8, 4) is 0 Å². The first-order valence-corrected chi connectivity index (χ1v) is 11.7. The monoisotopic (exact) mass is 448 g/mol. The highest BCUT2D eigenvalue weighted by Crippen LogP contribution is 2.19. The summed E-state index contributed by atoms with van der Waals surface area (Å²) in [7, 11) is 0. The second kappa shape index (κ2) is 13.0. The second-order valence-corrected chi connectivity index (χ2v) is 7.74. The number of ether oxygens (including phenoxy) is 2. The smallest absolute Gasteiger partial charge is 0.310 e. The van der Waals surface area contributed by atoms with Crippen LogP contribution in [0, 0.1) is 0 Å². The van der Waals surface area contributed by atoms with Gasteiger partial charge in [0.1, 0.15) is 17.6 Å². The molecule has 0 radical (unpaired) electrons. The van der Waals surface area contributed by atoms with E-state index >= 15 is 0 Å². The zero-order valence-electron chi connectivity index (χ0n) is 20.0. The maximum absolute atomic E-state index is 12.6. The molecule has 1 unspecified atom stereocenters. The lowest BCUT2D eigenvalue weighted by Gasteiger charge is -2.17. The molecule has 0 N–H and O–H groups in total. The number of rotatable bonds is 14. The van der Waals surface area contributed by atoms with E-state index in [1.165, 1.54) is 0 Å². The number of hydrogen-bond donors (Lipinski definition) is 0. The minimum absolute atomic E-state index is 0.140. The average molecular weight is 449 g/mol. The van der Waals surface area contributed by atoms with Crippen molar-refractivity contribution in [1.29, 1.82) is 0 Å². The Kier molecular flexibility index (Phi) is 10.4. The number of carbonyl (C=O) groups is 2. The maximum atomic E-state index is 12.6. The first kappa shape index (κ1) is 25.6. The van der Waals surface area contributed by atoms with Gasteiger partial charge in [-0.1, -0.05) is 51.4 Å². The zero-order valence-corrected chi connectivity index (χ0v) is 20.0. The van der Waals surface area contributed by atoms with Gasteiger partial charge in [-0.05, 0) is 19.3 Å². The van der Waals surface area contributed by atoms with Crippen molar-refractivity contribution in [1.82, 2.24) is 10.3 Å². The van der Waals surface area contributed by atoms with Crippen molar-refractivity contribution in [3.05, 3.63) is 34.0 Å². The van der Waals surface area contributed by atoms with Crippen LogP contribution in [0.5, 0.6) is 0 Å². The SMILES string of the molecule is CCCC(CCOC(=O)Cc1c(CC)noc1CC)OC(=O)Cc1c(CC)noc1CC. The first-order valence-electron chi connectivity index (χ1n) is 11.7. The second-order valence-electron chi connectivity index (χ2n) is 7.74. The number of esters is 2. The third-order valence-electron chi connectivity index (χ3n) is 5.47. The van der Waals surface area contributed by atoms with E-state index in [-0.39, 0.29) is 37.5 Å². The van der Waals surface area contributed by atoms with Gasteiger partial charge >= 0.3 is 11.9 Å². The number of carbonyl (C=O) groups excluding carboxylic acids is 2. The third kappa shape index (κ3) is 6.93. The van der Waals surface area contributed by atoms with Crippen LogP contribution in [0.4, 0.5) is 0 Å².